The molecule has 8 nitrogen and oxygen atoms in total. The van der Waals surface area contributed by atoms with Gasteiger partial charge in [0.25, 0.3) is 0 Å². The van der Waals surface area contributed by atoms with Crippen LogP contribution in [0.4, 0.5) is 10.5 Å². The van der Waals surface area contributed by atoms with Crippen molar-refractivity contribution in [3.63, 3.8) is 0 Å². The number of nitrogens with one attached hydrogen (secondary N) is 1. The number of rotatable bonds is 8. The number of esters is 1. The Kier molecular flexibility index (Phi) is 6.96. The van der Waals surface area contributed by atoms with E-state index in [-0.39, 0.29) is 5.97 Å². The van der Waals surface area contributed by atoms with Crippen molar-refractivity contribution >= 4 is 17.7 Å². The Bertz CT molecular complexity index is 1430. The van der Waals surface area contributed by atoms with Gasteiger partial charge in [-0.25, -0.2) is 4.79 Å². The average Bonchev–Trinajstić information content (AvgIpc) is 3.68. The zero-order chi connectivity index (χ0) is 26.7. The fraction of sp³-hybridized carbons (Fsp3) is 0.267. The van der Waals surface area contributed by atoms with Crippen LogP contribution in [-0.4, -0.2) is 28.8 Å². The molecule has 1 N–H and O–H groups in total. The summed E-state index contributed by atoms with van der Waals surface area (Å²) in [4.78, 5) is 29.6. The van der Waals surface area contributed by atoms with Crippen molar-refractivity contribution in [3.05, 3.63) is 89.7 Å². The van der Waals surface area contributed by atoms with Gasteiger partial charge in [0.05, 0.1) is 17.7 Å². The highest BCUT2D eigenvalue weighted by Crippen LogP contribution is 2.49. The molecule has 1 saturated carbocycles. The fourth-order valence-electron chi connectivity index (χ4n) is 4.46. The summed E-state index contributed by atoms with van der Waals surface area (Å²) in [6.07, 6.45) is 2.27. The zero-order valence-electron chi connectivity index (χ0n) is 21.6. The Labute approximate surface area is 221 Å². The third-order valence-corrected chi connectivity index (χ3v) is 6.82. The summed E-state index contributed by atoms with van der Waals surface area (Å²) in [7, 11) is 0. The second-order valence-electron chi connectivity index (χ2n) is 9.37. The van der Waals surface area contributed by atoms with Crippen molar-refractivity contribution in [1.82, 2.24) is 10.1 Å². The number of hydrogen-bond acceptors (Lipinski definition) is 7. The highest BCUT2D eigenvalue weighted by molar-refractivity contribution is 5.91. The summed E-state index contributed by atoms with van der Waals surface area (Å²) >= 11 is 0. The van der Waals surface area contributed by atoms with Crippen LogP contribution in [0.15, 0.2) is 77.4 Å². The van der Waals surface area contributed by atoms with Crippen LogP contribution < -0.4 is 5.32 Å². The summed E-state index contributed by atoms with van der Waals surface area (Å²) < 4.78 is 16.3. The fourth-order valence-corrected chi connectivity index (χ4v) is 4.46. The van der Waals surface area contributed by atoms with E-state index in [4.69, 9.17) is 14.0 Å². The van der Waals surface area contributed by atoms with Gasteiger partial charge in [-0.2, -0.15) is 0 Å². The number of aromatic nitrogens is 2. The van der Waals surface area contributed by atoms with Crippen molar-refractivity contribution in [2.24, 2.45) is 0 Å². The van der Waals surface area contributed by atoms with E-state index in [1.54, 1.807) is 13.1 Å². The molecular formula is C30H29N3O5. The number of carbonyl (C=O) groups excluding carboxylic acids is 2. The smallest absolute Gasteiger partial charge is 0.412 e. The summed E-state index contributed by atoms with van der Waals surface area (Å²) in [5.74, 6) is 0.242. The molecule has 8 heteroatoms. The van der Waals surface area contributed by atoms with E-state index < -0.39 is 17.6 Å². The Morgan fingerprint density at radius 2 is 1.74 bits per heavy atom. The molecule has 4 aromatic rings. The largest absolute Gasteiger partial charge is 0.465 e. The lowest BCUT2D eigenvalue weighted by atomic mass is 9.94. The number of amides is 1. The first-order chi connectivity index (χ1) is 18.4. The van der Waals surface area contributed by atoms with Gasteiger partial charge in [-0.15, -0.1) is 0 Å². The Morgan fingerprint density at radius 3 is 2.37 bits per heavy atom. The molecule has 0 unspecified atom stereocenters. The third kappa shape index (κ3) is 5.02. The van der Waals surface area contributed by atoms with Gasteiger partial charge >= 0.3 is 12.1 Å². The highest BCUT2D eigenvalue weighted by atomic mass is 16.6. The van der Waals surface area contributed by atoms with E-state index >= 15 is 0 Å². The molecule has 1 atom stereocenters. The van der Waals surface area contributed by atoms with Crippen molar-refractivity contribution in [3.8, 4) is 22.6 Å². The minimum Gasteiger partial charge on any atom is -0.465 e. The molecule has 0 bridgehead atoms. The van der Waals surface area contributed by atoms with Gasteiger partial charge in [-0.1, -0.05) is 59.8 Å². The Morgan fingerprint density at radius 1 is 1.03 bits per heavy atom. The normalized spacial score (nSPS) is 14.4. The molecule has 0 spiro atoms. The number of benzene rings is 2. The summed E-state index contributed by atoms with van der Waals surface area (Å²) in [5.41, 5.74) is 4.68. The van der Waals surface area contributed by atoms with Crippen LogP contribution >= 0.6 is 0 Å². The number of anilines is 1. The molecule has 0 saturated heterocycles. The van der Waals surface area contributed by atoms with E-state index in [2.05, 4.69) is 15.5 Å². The van der Waals surface area contributed by atoms with Crippen LogP contribution in [0.25, 0.3) is 22.6 Å². The second-order valence-corrected chi connectivity index (χ2v) is 9.37. The first kappa shape index (κ1) is 25.2. The quantitative estimate of drug-likeness (QED) is 0.265. The summed E-state index contributed by atoms with van der Waals surface area (Å²) in [5, 5.41) is 6.78. The molecule has 1 aliphatic carbocycles. The highest BCUT2D eigenvalue weighted by Gasteiger charge is 2.52. The van der Waals surface area contributed by atoms with E-state index in [1.165, 1.54) is 0 Å². The van der Waals surface area contributed by atoms with Crippen LogP contribution in [0.1, 0.15) is 49.6 Å². The van der Waals surface area contributed by atoms with Crippen LogP contribution in [0.5, 0.6) is 0 Å². The van der Waals surface area contributed by atoms with Crippen molar-refractivity contribution in [1.29, 1.82) is 0 Å². The Balaban J connectivity index is 1.29. The minimum atomic E-state index is -0.602. The first-order valence-electron chi connectivity index (χ1n) is 12.6. The van der Waals surface area contributed by atoms with Gasteiger partial charge in [0.15, 0.2) is 5.76 Å². The zero-order valence-corrected chi connectivity index (χ0v) is 21.6. The Hall–Kier alpha value is -4.46. The number of hydrogen-bond donors (Lipinski definition) is 1. The van der Waals surface area contributed by atoms with Gasteiger partial charge in [0.1, 0.15) is 17.5 Å². The average molecular weight is 512 g/mol. The minimum absolute atomic E-state index is 0.152. The number of aryl methyl sites for hydroxylation is 1. The standard InChI is InChI=1S/C30H29N3O5/c1-4-36-28(34)30(16-17-30)24-13-10-22(11-14-24)25-15-12-23(18-31-25)27-26(19(2)33-38-27)32-29(35)37-20(3)21-8-6-5-7-9-21/h5-15,18,20H,4,16-17H2,1-3H3,(H,32,35)/t20-/m1/s1. The summed E-state index contributed by atoms with van der Waals surface area (Å²) in [6, 6.07) is 21.1. The lowest BCUT2D eigenvalue weighted by Gasteiger charge is -2.14. The van der Waals surface area contributed by atoms with E-state index in [0.717, 1.165) is 35.2 Å². The van der Waals surface area contributed by atoms with Gasteiger partial charge < -0.3 is 14.0 Å². The monoisotopic (exact) mass is 511 g/mol. The molecular weight excluding hydrogens is 482 g/mol. The summed E-state index contributed by atoms with van der Waals surface area (Å²) in [6.45, 7) is 5.76. The molecule has 194 valence electrons. The predicted octanol–water partition coefficient (Wildman–Crippen LogP) is 6.62. The molecule has 38 heavy (non-hydrogen) atoms. The SMILES string of the molecule is CCOC(=O)C1(c2ccc(-c3ccc(-c4onc(C)c4NC(=O)O[C@H](C)c4ccccc4)cn3)cc2)CC1. The van der Waals surface area contributed by atoms with Crippen LogP contribution in [0.3, 0.4) is 0 Å². The van der Waals surface area contributed by atoms with Crippen molar-refractivity contribution in [2.75, 3.05) is 11.9 Å². The molecule has 2 aromatic carbocycles. The van der Waals surface area contributed by atoms with Crippen LogP contribution in [0.2, 0.25) is 0 Å². The molecule has 5 rings (SSSR count). The maximum absolute atomic E-state index is 12.6. The number of ether oxygens (including phenoxy) is 2. The maximum Gasteiger partial charge on any atom is 0.412 e. The van der Waals surface area contributed by atoms with E-state index in [9.17, 15) is 9.59 Å². The number of carbonyl (C=O) groups is 2. The van der Waals surface area contributed by atoms with E-state index in [0.29, 0.717) is 29.3 Å². The lowest BCUT2D eigenvalue weighted by Crippen LogP contribution is -2.23. The third-order valence-electron chi connectivity index (χ3n) is 6.82. The van der Waals surface area contributed by atoms with Gasteiger partial charge in [0, 0.05) is 17.3 Å². The molecule has 2 aromatic heterocycles. The van der Waals surface area contributed by atoms with Crippen LogP contribution in [0, 0.1) is 6.92 Å². The van der Waals surface area contributed by atoms with Gasteiger partial charge in [-0.3, -0.25) is 15.1 Å². The van der Waals surface area contributed by atoms with Gasteiger partial charge in [0.2, 0.25) is 0 Å². The van der Waals surface area contributed by atoms with Gasteiger partial charge in [-0.05, 0) is 56.9 Å². The second kappa shape index (κ2) is 10.5. The predicted molar refractivity (Wildman–Crippen MR) is 142 cm³/mol. The van der Waals surface area contributed by atoms with E-state index in [1.807, 2.05) is 80.6 Å². The molecule has 0 radical (unpaired) electrons. The van der Waals surface area contributed by atoms with Crippen LogP contribution in [-0.2, 0) is 19.7 Å². The number of pyridine rings is 1. The number of nitrogens with zero attached hydrogens (tertiary/aromatic N) is 2. The topological polar surface area (TPSA) is 104 Å². The molecule has 1 amide bonds. The molecule has 1 fully saturated rings. The molecule has 2 heterocycles. The first-order valence-corrected chi connectivity index (χ1v) is 12.6. The maximum atomic E-state index is 12.6. The van der Waals surface area contributed by atoms with Crippen molar-refractivity contribution in [2.45, 2.75) is 45.1 Å². The molecule has 1 aliphatic rings. The molecule has 0 aliphatic heterocycles. The van der Waals surface area contributed by atoms with Crippen molar-refractivity contribution < 1.29 is 23.6 Å². The lowest BCUT2D eigenvalue weighted by molar-refractivity contribution is -0.146.